The molecule has 0 radical (unpaired) electrons. The fraction of sp³-hybridized carbons (Fsp3) is 0.333. The van der Waals surface area contributed by atoms with Crippen LogP contribution in [-0.2, 0) is 17.8 Å². The normalized spacial score (nSPS) is 11.4. The van der Waals surface area contributed by atoms with E-state index in [0.717, 1.165) is 16.5 Å². The number of halogens is 2. The van der Waals surface area contributed by atoms with Crippen LogP contribution in [0.1, 0.15) is 30.8 Å². The number of carbonyl (C=O) groups is 1. The number of carbonyl (C=O) groups excluding carboxylic acids is 1. The molecule has 5 nitrogen and oxygen atoms in total. The Bertz CT molecular complexity index is 856. The number of aryl methyl sites for hydroxylation is 1. The topological polar surface area (TPSA) is 53.9 Å². The molecule has 7 heteroatoms. The lowest BCUT2D eigenvalue weighted by molar-refractivity contribution is -0.130. The predicted octanol–water partition coefficient (Wildman–Crippen LogP) is 3.74. The number of alkyl halides is 2. The maximum atomic E-state index is 12.8. The molecule has 0 fully saturated rings. The molecule has 25 heavy (non-hydrogen) atoms. The van der Waals surface area contributed by atoms with E-state index in [1.807, 2.05) is 24.4 Å². The number of nitrogens with one attached hydrogen (secondary N) is 1. The summed E-state index contributed by atoms with van der Waals surface area (Å²) in [6.07, 6.45) is 6.36. The summed E-state index contributed by atoms with van der Waals surface area (Å²) in [7, 11) is 1.61. The molecule has 0 unspecified atom stereocenters. The van der Waals surface area contributed by atoms with Gasteiger partial charge in [-0.2, -0.15) is 8.78 Å². The zero-order valence-electron chi connectivity index (χ0n) is 14.0. The summed E-state index contributed by atoms with van der Waals surface area (Å²) in [6.45, 7) is -2.58. The van der Waals surface area contributed by atoms with Crippen LogP contribution in [0.4, 0.5) is 8.78 Å². The van der Waals surface area contributed by atoms with Crippen molar-refractivity contribution in [1.82, 2.24) is 19.4 Å². The Labute approximate surface area is 144 Å². The molecule has 0 saturated heterocycles. The van der Waals surface area contributed by atoms with Gasteiger partial charge in [0, 0.05) is 43.0 Å². The number of benzene rings is 1. The highest BCUT2D eigenvalue weighted by atomic mass is 19.3. The maximum Gasteiger partial charge on any atom is 0.319 e. The van der Waals surface area contributed by atoms with E-state index in [2.05, 4.69) is 16.0 Å². The molecule has 0 aliphatic carbocycles. The molecule has 2 aromatic heterocycles. The summed E-state index contributed by atoms with van der Waals surface area (Å²) in [5, 5.41) is 1.17. The average molecular weight is 346 g/mol. The fourth-order valence-corrected chi connectivity index (χ4v) is 2.90. The molecule has 0 bridgehead atoms. The van der Waals surface area contributed by atoms with Crippen LogP contribution >= 0.6 is 0 Å². The van der Waals surface area contributed by atoms with Gasteiger partial charge in [0.2, 0.25) is 5.91 Å². The summed E-state index contributed by atoms with van der Waals surface area (Å²) in [5.74, 6) is 0.103. The van der Waals surface area contributed by atoms with E-state index in [4.69, 9.17) is 0 Å². The van der Waals surface area contributed by atoms with Crippen LogP contribution in [0.3, 0.4) is 0 Å². The minimum atomic E-state index is -2.65. The second-order valence-corrected chi connectivity index (χ2v) is 5.99. The van der Waals surface area contributed by atoms with Gasteiger partial charge in [0.25, 0.3) is 0 Å². The number of nitrogens with zero attached hydrogens (tertiary/aromatic N) is 3. The molecule has 3 aromatic rings. The molecular weight excluding hydrogens is 326 g/mol. The number of hydrogen-bond donors (Lipinski definition) is 1. The van der Waals surface area contributed by atoms with E-state index in [0.29, 0.717) is 12.8 Å². The molecule has 1 amide bonds. The van der Waals surface area contributed by atoms with Crippen LogP contribution in [0.25, 0.3) is 10.9 Å². The number of amides is 1. The Kier molecular flexibility index (Phi) is 5.11. The number of hydrogen-bond acceptors (Lipinski definition) is 2. The van der Waals surface area contributed by atoms with Crippen LogP contribution < -0.4 is 0 Å². The molecule has 0 spiro atoms. The van der Waals surface area contributed by atoms with Gasteiger partial charge in [-0.25, -0.2) is 4.98 Å². The van der Waals surface area contributed by atoms with Gasteiger partial charge in [-0.05, 0) is 24.5 Å². The van der Waals surface area contributed by atoms with Crippen LogP contribution in [0.15, 0.2) is 42.9 Å². The van der Waals surface area contributed by atoms with E-state index >= 15 is 0 Å². The molecule has 2 heterocycles. The first-order valence-corrected chi connectivity index (χ1v) is 8.15. The second-order valence-electron chi connectivity index (χ2n) is 5.99. The largest absolute Gasteiger partial charge is 0.361 e. The first-order valence-electron chi connectivity index (χ1n) is 8.15. The van der Waals surface area contributed by atoms with Gasteiger partial charge in [-0.3, -0.25) is 9.36 Å². The molecule has 1 aromatic carbocycles. The molecule has 132 valence electrons. The quantitative estimate of drug-likeness (QED) is 0.708. The Balaban J connectivity index is 1.53. The van der Waals surface area contributed by atoms with Crippen molar-refractivity contribution in [3.63, 3.8) is 0 Å². The predicted molar refractivity (Wildman–Crippen MR) is 91.2 cm³/mol. The van der Waals surface area contributed by atoms with Gasteiger partial charge in [0.15, 0.2) is 0 Å². The van der Waals surface area contributed by atoms with Crippen molar-refractivity contribution >= 4 is 16.8 Å². The summed E-state index contributed by atoms with van der Waals surface area (Å²) in [5.41, 5.74) is 2.26. The minimum absolute atomic E-state index is 0.0727. The fourth-order valence-electron chi connectivity index (χ4n) is 2.90. The van der Waals surface area contributed by atoms with Crippen LogP contribution in [0, 0.1) is 0 Å². The number of imidazole rings is 1. The van der Waals surface area contributed by atoms with Gasteiger partial charge in [0.05, 0.1) is 6.54 Å². The third-order valence-corrected chi connectivity index (χ3v) is 4.28. The van der Waals surface area contributed by atoms with E-state index < -0.39 is 6.55 Å². The molecular formula is C18H20F2N4O. The summed E-state index contributed by atoms with van der Waals surface area (Å²) >= 11 is 0. The van der Waals surface area contributed by atoms with Gasteiger partial charge < -0.3 is 9.88 Å². The Morgan fingerprint density at radius 1 is 1.36 bits per heavy atom. The SMILES string of the molecule is CN(Cc1nccn1C(F)F)C(=O)CCCc1c[nH]c2ccccc12. The highest BCUT2D eigenvalue weighted by Gasteiger charge is 2.16. The van der Waals surface area contributed by atoms with Crippen LogP contribution in [-0.4, -0.2) is 32.4 Å². The minimum Gasteiger partial charge on any atom is -0.361 e. The zero-order chi connectivity index (χ0) is 17.8. The lowest BCUT2D eigenvalue weighted by Crippen LogP contribution is -2.27. The van der Waals surface area contributed by atoms with Crippen molar-refractivity contribution in [2.75, 3.05) is 7.05 Å². The first-order chi connectivity index (χ1) is 12.1. The van der Waals surface area contributed by atoms with Crippen molar-refractivity contribution in [3.8, 4) is 0 Å². The van der Waals surface area contributed by atoms with Crippen LogP contribution in [0.5, 0.6) is 0 Å². The highest BCUT2D eigenvalue weighted by molar-refractivity contribution is 5.83. The highest BCUT2D eigenvalue weighted by Crippen LogP contribution is 2.20. The molecule has 0 aliphatic heterocycles. The molecule has 0 atom stereocenters. The number of fused-ring (bicyclic) bond motifs is 1. The molecule has 1 N–H and O–H groups in total. The monoisotopic (exact) mass is 346 g/mol. The first kappa shape index (κ1) is 17.1. The van der Waals surface area contributed by atoms with Gasteiger partial charge in [0.1, 0.15) is 5.82 Å². The van der Waals surface area contributed by atoms with E-state index in [-0.39, 0.29) is 18.3 Å². The van der Waals surface area contributed by atoms with Crippen molar-refractivity contribution in [1.29, 1.82) is 0 Å². The lowest BCUT2D eigenvalue weighted by Gasteiger charge is -2.17. The summed E-state index contributed by atoms with van der Waals surface area (Å²) in [4.78, 5) is 20.8. The number of aromatic nitrogens is 3. The molecule has 0 aliphatic rings. The number of para-hydroxylation sites is 1. The van der Waals surface area contributed by atoms with E-state index in [9.17, 15) is 13.6 Å². The van der Waals surface area contributed by atoms with Gasteiger partial charge >= 0.3 is 6.55 Å². The number of rotatable bonds is 7. The van der Waals surface area contributed by atoms with Crippen molar-refractivity contribution in [2.45, 2.75) is 32.4 Å². The summed E-state index contributed by atoms with van der Waals surface area (Å²) < 4.78 is 26.4. The third-order valence-electron chi connectivity index (χ3n) is 4.28. The number of H-pyrrole nitrogens is 1. The van der Waals surface area contributed by atoms with E-state index in [1.54, 1.807) is 7.05 Å². The maximum absolute atomic E-state index is 12.8. The van der Waals surface area contributed by atoms with Crippen LogP contribution in [0.2, 0.25) is 0 Å². The summed E-state index contributed by atoms with van der Waals surface area (Å²) in [6, 6.07) is 8.04. The second kappa shape index (κ2) is 7.46. The lowest BCUT2D eigenvalue weighted by atomic mass is 10.1. The Morgan fingerprint density at radius 3 is 2.96 bits per heavy atom. The third kappa shape index (κ3) is 3.87. The molecule has 0 saturated carbocycles. The smallest absolute Gasteiger partial charge is 0.319 e. The standard InChI is InChI=1S/C18H20F2N4O/c1-23(12-16-21-9-10-24(16)18(19)20)17(25)8-4-5-13-11-22-15-7-3-2-6-14(13)15/h2-3,6-7,9-11,18,22H,4-5,8,12H2,1H3. The van der Waals surface area contributed by atoms with Gasteiger partial charge in [-0.1, -0.05) is 18.2 Å². The Hall–Kier alpha value is -2.70. The zero-order valence-corrected chi connectivity index (χ0v) is 14.0. The van der Waals surface area contributed by atoms with Gasteiger partial charge in [-0.15, -0.1) is 0 Å². The number of aromatic amines is 1. The van der Waals surface area contributed by atoms with E-state index in [1.165, 1.54) is 28.2 Å². The van der Waals surface area contributed by atoms with Crippen molar-refractivity contribution < 1.29 is 13.6 Å². The van der Waals surface area contributed by atoms with Crippen molar-refractivity contribution in [2.24, 2.45) is 0 Å². The van der Waals surface area contributed by atoms with Crippen molar-refractivity contribution in [3.05, 3.63) is 54.2 Å². The Morgan fingerprint density at radius 2 is 2.16 bits per heavy atom. The molecule has 3 rings (SSSR count). The average Bonchev–Trinajstić information content (AvgIpc) is 3.22.